The van der Waals surface area contributed by atoms with Gasteiger partial charge in [0.25, 0.3) is 0 Å². The van der Waals surface area contributed by atoms with Crippen molar-refractivity contribution in [3.05, 3.63) is 59.7 Å². The Labute approximate surface area is 123 Å². The molecule has 3 nitrogen and oxygen atoms in total. The minimum atomic E-state index is -0.196. The number of anilines is 1. The summed E-state index contributed by atoms with van der Waals surface area (Å²) in [5.41, 5.74) is 3.46. The van der Waals surface area contributed by atoms with Crippen molar-refractivity contribution in [2.75, 3.05) is 19.0 Å². The summed E-state index contributed by atoms with van der Waals surface area (Å²) < 4.78 is 14.1. The smallest absolute Gasteiger partial charge is 0.146 e. The van der Waals surface area contributed by atoms with Gasteiger partial charge in [0, 0.05) is 37.3 Å². The fourth-order valence-corrected chi connectivity index (χ4v) is 2.55. The highest BCUT2D eigenvalue weighted by molar-refractivity contribution is 5.76. The lowest BCUT2D eigenvalue weighted by Crippen LogP contribution is -2.11. The molecule has 1 atom stereocenters. The van der Waals surface area contributed by atoms with Crippen LogP contribution in [-0.4, -0.2) is 24.1 Å². The van der Waals surface area contributed by atoms with E-state index < -0.39 is 0 Å². The lowest BCUT2D eigenvalue weighted by atomic mass is 9.97. The minimum Gasteiger partial charge on any atom is -0.375 e. The SMILES string of the molecule is CC(c1ccc(N(C)C)c(F)c1)c1cc2cccnc2[nH]1. The molecule has 0 saturated carbocycles. The van der Waals surface area contributed by atoms with Crippen LogP contribution in [-0.2, 0) is 0 Å². The second-order valence-corrected chi connectivity index (χ2v) is 5.49. The summed E-state index contributed by atoms with van der Waals surface area (Å²) in [7, 11) is 3.68. The van der Waals surface area contributed by atoms with Gasteiger partial charge in [-0.3, -0.25) is 0 Å². The van der Waals surface area contributed by atoms with Crippen LogP contribution in [0.5, 0.6) is 0 Å². The summed E-state index contributed by atoms with van der Waals surface area (Å²) in [5, 5.41) is 1.07. The van der Waals surface area contributed by atoms with Gasteiger partial charge in [-0.1, -0.05) is 13.0 Å². The maximum absolute atomic E-state index is 14.1. The molecule has 108 valence electrons. The molecule has 0 spiro atoms. The third kappa shape index (κ3) is 2.49. The lowest BCUT2D eigenvalue weighted by Gasteiger charge is -2.16. The number of fused-ring (bicyclic) bond motifs is 1. The zero-order chi connectivity index (χ0) is 15.0. The molecule has 3 aromatic rings. The van der Waals surface area contributed by atoms with E-state index in [1.54, 1.807) is 17.2 Å². The van der Waals surface area contributed by atoms with Gasteiger partial charge < -0.3 is 9.88 Å². The molecular formula is C17H18FN3. The fraction of sp³-hybridized carbons (Fsp3) is 0.235. The average molecular weight is 283 g/mol. The van der Waals surface area contributed by atoms with Gasteiger partial charge in [-0.15, -0.1) is 0 Å². The number of hydrogen-bond donors (Lipinski definition) is 1. The average Bonchev–Trinajstić information content (AvgIpc) is 2.89. The van der Waals surface area contributed by atoms with Crippen molar-refractivity contribution in [1.29, 1.82) is 0 Å². The summed E-state index contributed by atoms with van der Waals surface area (Å²) in [6, 6.07) is 11.4. The molecule has 0 fully saturated rings. The first-order chi connectivity index (χ1) is 10.1. The first-order valence-electron chi connectivity index (χ1n) is 6.96. The van der Waals surface area contributed by atoms with E-state index in [0.29, 0.717) is 5.69 Å². The van der Waals surface area contributed by atoms with Crippen LogP contribution in [0.1, 0.15) is 24.1 Å². The maximum atomic E-state index is 14.1. The first kappa shape index (κ1) is 13.6. The van der Waals surface area contributed by atoms with Crippen LogP contribution in [0, 0.1) is 5.82 Å². The van der Waals surface area contributed by atoms with Crippen molar-refractivity contribution in [2.24, 2.45) is 0 Å². The van der Waals surface area contributed by atoms with Crippen molar-refractivity contribution < 1.29 is 4.39 Å². The number of aromatic nitrogens is 2. The number of benzene rings is 1. The van der Waals surface area contributed by atoms with E-state index >= 15 is 0 Å². The molecule has 0 radical (unpaired) electrons. The molecule has 1 N–H and O–H groups in total. The molecule has 0 aliphatic carbocycles. The second-order valence-electron chi connectivity index (χ2n) is 5.49. The molecule has 1 unspecified atom stereocenters. The van der Waals surface area contributed by atoms with Crippen molar-refractivity contribution in [3.8, 4) is 0 Å². The number of rotatable bonds is 3. The molecule has 21 heavy (non-hydrogen) atoms. The Hall–Kier alpha value is -2.36. The Kier molecular flexibility index (Phi) is 3.37. The van der Waals surface area contributed by atoms with Gasteiger partial charge in [0.05, 0.1) is 5.69 Å². The predicted octanol–water partition coefficient (Wildman–Crippen LogP) is 3.92. The Morgan fingerprint density at radius 1 is 1.19 bits per heavy atom. The highest BCUT2D eigenvalue weighted by Crippen LogP contribution is 2.29. The molecule has 4 heteroatoms. The number of nitrogens with one attached hydrogen (secondary N) is 1. The molecule has 0 aliphatic heterocycles. The third-order valence-electron chi connectivity index (χ3n) is 3.83. The van der Waals surface area contributed by atoms with E-state index in [2.05, 4.69) is 23.0 Å². The van der Waals surface area contributed by atoms with Gasteiger partial charge in [-0.25, -0.2) is 9.37 Å². The largest absolute Gasteiger partial charge is 0.375 e. The van der Waals surface area contributed by atoms with Crippen LogP contribution in [0.4, 0.5) is 10.1 Å². The normalized spacial score (nSPS) is 12.6. The number of H-pyrrole nitrogens is 1. The quantitative estimate of drug-likeness (QED) is 0.790. The number of aromatic amines is 1. The van der Waals surface area contributed by atoms with E-state index in [1.807, 2.05) is 38.4 Å². The third-order valence-corrected chi connectivity index (χ3v) is 3.83. The van der Waals surface area contributed by atoms with Crippen LogP contribution < -0.4 is 4.90 Å². The van der Waals surface area contributed by atoms with Crippen LogP contribution in [0.2, 0.25) is 0 Å². The van der Waals surface area contributed by atoms with Crippen molar-refractivity contribution in [2.45, 2.75) is 12.8 Å². The number of pyridine rings is 1. The standard InChI is InChI=1S/C17H18FN3/c1-11(12-6-7-16(21(2)3)14(18)9-12)15-10-13-5-4-8-19-17(13)20-15/h4-11H,1-3H3,(H,19,20). The molecule has 2 aromatic heterocycles. The van der Waals surface area contributed by atoms with E-state index in [9.17, 15) is 4.39 Å². The van der Waals surface area contributed by atoms with Gasteiger partial charge in [-0.2, -0.15) is 0 Å². The zero-order valence-electron chi connectivity index (χ0n) is 12.4. The molecule has 2 heterocycles. The van der Waals surface area contributed by atoms with Crippen molar-refractivity contribution in [1.82, 2.24) is 9.97 Å². The Morgan fingerprint density at radius 2 is 2.00 bits per heavy atom. The van der Waals surface area contributed by atoms with E-state index in [-0.39, 0.29) is 11.7 Å². The summed E-state index contributed by atoms with van der Waals surface area (Å²) in [5.74, 6) is -0.108. The Balaban J connectivity index is 1.97. The van der Waals surface area contributed by atoms with E-state index in [1.165, 1.54) is 0 Å². The first-order valence-corrected chi connectivity index (χ1v) is 6.96. The predicted molar refractivity (Wildman–Crippen MR) is 84.3 cm³/mol. The van der Waals surface area contributed by atoms with Crippen molar-refractivity contribution >= 4 is 16.7 Å². The summed E-state index contributed by atoms with van der Waals surface area (Å²) in [4.78, 5) is 9.38. The van der Waals surface area contributed by atoms with Crippen LogP contribution in [0.15, 0.2) is 42.6 Å². The van der Waals surface area contributed by atoms with Gasteiger partial charge in [-0.05, 0) is 35.9 Å². The molecule has 1 aromatic carbocycles. The summed E-state index contributed by atoms with van der Waals surface area (Å²) in [6.07, 6.45) is 1.76. The summed E-state index contributed by atoms with van der Waals surface area (Å²) >= 11 is 0. The zero-order valence-corrected chi connectivity index (χ0v) is 12.4. The van der Waals surface area contributed by atoms with Crippen LogP contribution in [0.3, 0.4) is 0 Å². The number of nitrogens with zero attached hydrogens (tertiary/aromatic N) is 2. The molecular weight excluding hydrogens is 265 g/mol. The monoisotopic (exact) mass is 283 g/mol. The topological polar surface area (TPSA) is 31.9 Å². The highest BCUT2D eigenvalue weighted by Gasteiger charge is 2.14. The molecule has 3 rings (SSSR count). The maximum Gasteiger partial charge on any atom is 0.146 e. The van der Waals surface area contributed by atoms with E-state index in [4.69, 9.17) is 0 Å². The summed E-state index contributed by atoms with van der Waals surface area (Å²) in [6.45, 7) is 2.06. The molecule has 0 saturated heterocycles. The van der Waals surface area contributed by atoms with Crippen LogP contribution in [0.25, 0.3) is 11.0 Å². The molecule has 0 aliphatic rings. The Bertz CT molecular complexity index is 744. The number of halogens is 1. The van der Waals surface area contributed by atoms with E-state index in [0.717, 1.165) is 22.3 Å². The minimum absolute atomic E-state index is 0.0879. The van der Waals surface area contributed by atoms with Crippen molar-refractivity contribution in [3.63, 3.8) is 0 Å². The molecule has 0 amide bonds. The fourth-order valence-electron chi connectivity index (χ4n) is 2.55. The Morgan fingerprint density at radius 3 is 2.67 bits per heavy atom. The van der Waals surface area contributed by atoms with Gasteiger partial charge in [0.2, 0.25) is 0 Å². The molecule has 0 bridgehead atoms. The van der Waals surface area contributed by atoms with Crippen LogP contribution >= 0.6 is 0 Å². The second kappa shape index (κ2) is 5.20. The number of hydrogen-bond acceptors (Lipinski definition) is 2. The van der Waals surface area contributed by atoms with Gasteiger partial charge >= 0.3 is 0 Å². The van der Waals surface area contributed by atoms with Gasteiger partial charge in [0.15, 0.2) is 0 Å². The van der Waals surface area contributed by atoms with Gasteiger partial charge in [0.1, 0.15) is 11.5 Å². The lowest BCUT2D eigenvalue weighted by molar-refractivity contribution is 0.622. The highest BCUT2D eigenvalue weighted by atomic mass is 19.1.